The number of rotatable bonds is 4. The zero-order chi connectivity index (χ0) is 15.6. The second kappa shape index (κ2) is 6.18. The van der Waals surface area contributed by atoms with Crippen LogP contribution in [0.4, 0.5) is 5.82 Å². The summed E-state index contributed by atoms with van der Waals surface area (Å²) in [5.41, 5.74) is 2.30. The molecule has 1 aromatic carbocycles. The topological polar surface area (TPSA) is 50.3 Å². The molecule has 0 spiro atoms. The molecular weight excluding hydrogens is 276 g/mol. The van der Waals surface area contributed by atoms with Gasteiger partial charge in [0.15, 0.2) is 0 Å². The number of ether oxygens (including phenoxy) is 1. The van der Waals surface area contributed by atoms with E-state index >= 15 is 0 Å². The summed E-state index contributed by atoms with van der Waals surface area (Å²) in [7, 11) is 0. The average Bonchev–Trinajstić information content (AvgIpc) is 2.50. The highest BCUT2D eigenvalue weighted by molar-refractivity contribution is 5.90. The highest BCUT2D eigenvalue weighted by Crippen LogP contribution is 2.22. The molecule has 2 heterocycles. The maximum absolute atomic E-state index is 5.57. The van der Waals surface area contributed by atoms with Crippen LogP contribution in [-0.4, -0.2) is 53.3 Å². The molecule has 1 saturated heterocycles. The maximum Gasteiger partial charge on any atom is 0.137 e. The largest absolute Gasteiger partial charge is 0.378 e. The van der Waals surface area contributed by atoms with E-state index in [2.05, 4.69) is 59.2 Å². The molecule has 22 heavy (non-hydrogen) atoms. The van der Waals surface area contributed by atoms with Crippen LogP contribution in [0, 0.1) is 6.92 Å². The van der Waals surface area contributed by atoms with Crippen LogP contribution in [-0.2, 0) is 4.74 Å². The predicted octanol–water partition coefficient (Wildman–Crippen LogP) is 2.46. The van der Waals surface area contributed by atoms with Gasteiger partial charge in [0.2, 0.25) is 0 Å². The number of aromatic nitrogens is 2. The molecule has 5 nitrogen and oxygen atoms in total. The molecule has 0 saturated carbocycles. The maximum atomic E-state index is 5.57. The Hall–Kier alpha value is -1.72. The van der Waals surface area contributed by atoms with Gasteiger partial charge in [0.1, 0.15) is 12.1 Å². The average molecular weight is 300 g/mol. The van der Waals surface area contributed by atoms with Crippen LogP contribution in [0.1, 0.15) is 19.4 Å². The molecule has 3 rings (SSSR count). The second-order valence-corrected chi connectivity index (χ2v) is 6.47. The summed E-state index contributed by atoms with van der Waals surface area (Å²) >= 11 is 0. The second-order valence-electron chi connectivity index (χ2n) is 6.47. The number of anilines is 1. The third kappa shape index (κ3) is 3.05. The Morgan fingerprint density at radius 3 is 3.00 bits per heavy atom. The van der Waals surface area contributed by atoms with Gasteiger partial charge in [0.05, 0.1) is 18.7 Å². The van der Waals surface area contributed by atoms with E-state index in [0.717, 1.165) is 49.6 Å². The number of benzene rings is 1. The Morgan fingerprint density at radius 2 is 2.18 bits per heavy atom. The lowest BCUT2D eigenvalue weighted by Gasteiger charge is -2.42. The summed E-state index contributed by atoms with van der Waals surface area (Å²) in [5.74, 6) is 0.916. The van der Waals surface area contributed by atoms with Crippen LogP contribution in [0.3, 0.4) is 0 Å². The van der Waals surface area contributed by atoms with Gasteiger partial charge >= 0.3 is 0 Å². The van der Waals surface area contributed by atoms with Gasteiger partial charge in [0, 0.05) is 30.6 Å². The van der Waals surface area contributed by atoms with Gasteiger partial charge in [-0.15, -0.1) is 0 Å². The number of nitrogens with one attached hydrogen (secondary N) is 1. The van der Waals surface area contributed by atoms with Crippen LogP contribution < -0.4 is 5.32 Å². The standard InChI is InChI=1S/C17H24N4O/c1-13-5-4-6-14-15(13)19-12-20-16(14)18-7-8-21-9-10-22-11-17(21,2)3/h4-6,12H,7-11H2,1-3H3,(H,18,19,20). The van der Waals surface area contributed by atoms with Gasteiger partial charge in [-0.25, -0.2) is 9.97 Å². The lowest BCUT2D eigenvalue weighted by Crippen LogP contribution is -2.54. The summed E-state index contributed by atoms with van der Waals surface area (Å²) in [6.45, 7) is 11.0. The minimum atomic E-state index is 0.101. The number of morpholine rings is 1. The summed E-state index contributed by atoms with van der Waals surface area (Å²) in [4.78, 5) is 11.3. The number of hydrogen-bond acceptors (Lipinski definition) is 5. The van der Waals surface area contributed by atoms with E-state index in [1.54, 1.807) is 6.33 Å². The molecule has 1 N–H and O–H groups in total. The fraction of sp³-hybridized carbons (Fsp3) is 0.529. The summed E-state index contributed by atoms with van der Waals surface area (Å²) < 4.78 is 5.57. The van der Waals surface area contributed by atoms with Crippen molar-refractivity contribution in [2.75, 3.05) is 38.2 Å². The quantitative estimate of drug-likeness (QED) is 0.940. The van der Waals surface area contributed by atoms with Crippen LogP contribution in [0.5, 0.6) is 0 Å². The third-order valence-electron chi connectivity index (χ3n) is 4.36. The Balaban J connectivity index is 1.68. The van der Waals surface area contributed by atoms with Gasteiger partial charge in [0.25, 0.3) is 0 Å². The Bertz CT molecular complexity index is 656. The number of para-hydroxylation sites is 1. The SMILES string of the molecule is Cc1cccc2c(NCCN3CCOCC3(C)C)ncnc12. The third-order valence-corrected chi connectivity index (χ3v) is 4.36. The van der Waals surface area contributed by atoms with Gasteiger partial charge in [-0.1, -0.05) is 12.1 Å². The minimum absolute atomic E-state index is 0.101. The normalized spacial score (nSPS) is 18.5. The van der Waals surface area contributed by atoms with E-state index in [-0.39, 0.29) is 5.54 Å². The zero-order valence-electron chi connectivity index (χ0n) is 13.6. The number of aryl methyl sites for hydroxylation is 1. The van der Waals surface area contributed by atoms with Gasteiger partial charge in [-0.3, -0.25) is 4.90 Å². The molecule has 0 amide bonds. The van der Waals surface area contributed by atoms with Crippen molar-refractivity contribution in [3.05, 3.63) is 30.1 Å². The van der Waals surface area contributed by atoms with Crippen molar-refractivity contribution in [2.45, 2.75) is 26.3 Å². The summed E-state index contributed by atoms with van der Waals surface area (Å²) in [6, 6.07) is 6.20. The van der Waals surface area contributed by atoms with E-state index in [1.807, 2.05) is 0 Å². The molecule has 0 radical (unpaired) electrons. The fourth-order valence-corrected chi connectivity index (χ4v) is 2.99. The first-order valence-electron chi connectivity index (χ1n) is 7.85. The first-order chi connectivity index (χ1) is 10.6. The van der Waals surface area contributed by atoms with Crippen molar-refractivity contribution < 1.29 is 4.74 Å². The summed E-state index contributed by atoms with van der Waals surface area (Å²) in [6.07, 6.45) is 1.64. The van der Waals surface area contributed by atoms with Crippen LogP contribution in [0.2, 0.25) is 0 Å². The molecule has 0 bridgehead atoms. The summed E-state index contributed by atoms with van der Waals surface area (Å²) in [5, 5.41) is 4.55. The molecule has 1 fully saturated rings. The van der Waals surface area contributed by atoms with Crippen molar-refractivity contribution in [1.82, 2.24) is 14.9 Å². The van der Waals surface area contributed by atoms with Crippen LogP contribution in [0.15, 0.2) is 24.5 Å². The van der Waals surface area contributed by atoms with Crippen molar-refractivity contribution in [3.63, 3.8) is 0 Å². The van der Waals surface area contributed by atoms with Crippen molar-refractivity contribution in [1.29, 1.82) is 0 Å². The molecule has 1 aliphatic rings. The molecular formula is C17H24N4O. The monoisotopic (exact) mass is 300 g/mol. The van der Waals surface area contributed by atoms with Gasteiger partial charge in [-0.05, 0) is 32.4 Å². The molecule has 2 aromatic rings. The first-order valence-corrected chi connectivity index (χ1v) is 7.85. The molecule has 0 atom stereocenters. The number of fused-ring (bicyclic) bond motifs is 1. The number of nitrogens with zero attached hydrogens (tertiary/aromatic N) is 3. The van der Waals surface area contributed by atoms with E-state index in [0.29, 0.717) is 0 Å². The fourth-order valence-electron chi connectivity index (χ4n) is 2.99. The number of hydrogen-bond donors (Lipinski definition) is 1. The molecule has 0 aliphatic carbocycles. The van der Waals surface area contributed by atoms with Crippen molar-refractivity contribution >= 4 is 16.7 Å². The highest BCUT2D eigenvalue weighted by atomic mass is 16.5. The lowest BCUT2D eigenvalue weighted by atomic mass is 10.0. The van der Waals surface area contributed by atoms with E-state index in [1.165, 1.54) is 5.56 Å². The van der Waals surface area contributed by atoms with Gasteiger partial charge in [-0.2, -0.15) is 0 Å². The Labute approximate surface area is 131 Å². The molecule has 118 valence electrons. The molecule has 5 heteroatoms. The van der Waals surface area contributed by atoms with Crippen molar-refractivity contribution in [2.24, 2.45) is 0 Å². The van der Waals surface area contributed by atoms with Crippen LogP contribution >= 0.6 is 0 Å². The minimum Gasteiger partial charge on any atom is -0.378 e. The smallest absolute Gasteiger partial charge is 0.137 e. The highest BCUT2D eigenvalue weighted by Gasteiger charge is 2.29. The van der Waals surface area contributed by atoms with E-state index in [4.69, 9.17) is 4.74 Å². The van der Waals surface area contributed by atoms with Crippen LogP contribution in [0.25, 0.3) is 10.9 Å². The van der Waals surface area contributed by atoms with Crippen molar-refractivity contribution in [3.8, 4) is 0 Å². The van der Waals surface area contributed by atoms with E-state index < -0.39 is 0 Å². The van der Waals surface area contributed by atoms with E-state index in [9.17, 15) is 0 Å². The Kier molecular flexibility index (Phi) is 4.27. The molecule has 1 aliphatic heterocycles. The predicted molar refractivity (Wildman–Crippen MR) is 89.2 cm³/mol. The molecule has 1 aromatic heterocycles. The zero-order valence-corrected chi connectivity index (χ0v) is 13.6. The Morgan fingerprint density at radius 1 is 1.32 bits per heavy atom. The first kappa shape index (κ1) is 15.2. The lowest BCUT2D eigenvalue weighted by molar-refractivity contribution is -0.0487. The molecule has 0 unspecified atom stereocenters. The van der Waals surface area contributed by atoms with Gasteiger partial charge < -0.3 is 10.1 Å².